The van der Waals surface area contributed by atoms with Gasteiger partial charge in [-0.3, -0.25) is 9.59 Å². The van der Waals surface area contributed by atoms with E-state index in [0.717, 1.165) is 45.5 Å². The molecule has 202 valence electrons. The van der Waals surface area contributed by atoms with Crippen LogP contribution in [0.25, 0.3) is 23.1 Å². The highest BCUT2D eigenvalue weighted by atomic mass is 32.2. The van der Waals surface area contributed by atoms with Crippen molar-refractivity contribution in [3.05, 3.63) is 89.9 Å². The minimum atomic E-state index is -0.978. The normalized spacial score (nSPS) is 11.2. The molecule has 3 aromatic carbocycles. The molecule has 2 N–H and O–H groups in total. The SMILES string of the molecule is O=C(O)CSc1cn(CC(=O)O)c2c(C=Cc3ccc(OCCCCOc4ccccc4F)cc3)cccc12. The Kier molecular flexibility index (Phi) is 9.64. The summed E-state index contributed by atoms with van der Waals surface area (Å²) in [5.41, 5.74) is 2.51. The minimum Gasteiger partial charge on any atom is -0.494 e. The maximum absolute atomic E-state index is 13.6. The van der Waals surface area contributed by atoms with Gasteiger partial charge in [0.2, 0.25) is 0 Å². The van der Waals surface area contributed by atoms with Gasteiger partial charge in [-0.2, -0.15) is 0 Å². The number of carboxylic acid groups (broad SMARTS) is 2. The molecular weight excluding hydrogens is 521 g/mol. The average Bonchev–Trinajstić information content (AvgIpc) is 3.27. The smallest absolute Gasteiger partial charge is 0.323 e. The van der Waals surface area contributed by atoms with Gasteiger partial charge in [0.05, 0.1) is 24.5 Å². The van der Waals surface area contributed by atoms with Crippen molar-refractivity contribution in [2.75, 3.05) is 19.0 Å². The number of para-hydroxylation sites is 2. The van der Waals surface area contributed by atoms with Crippen LogP contribution in [0, 0.1) is 5.82 Å². The van der Waals surface area contributed by atoms with Crippen molar-refractivity contribution in [1.82, 2.24) is 4.57 Å². The van der Waals surface area contributed by atoms with Crippen LogP contribution < -0.4 is 9.47 Å². The molecule has 1 heterocycles. The van der Waals surface area contributed by atoms with E-state index in [9.17, 15) is 19.1 Å². The Morgan fingerprint density at radius 2 is 1.62 bits per heavy atom. The van der Waals surface area contributed by atoms with Gasteiger partial charge < -0.3 is 24.3 Å². The highest BCUT2D eigenvalue weighted by Gasteiger charge is 2.14. The molecule has 9 heteroatoms. The zero-order chi connectivity index (χ0) is 27.6. The number of aromatic nitrogens is 1. The molecule has 0 saturated carbocycles. The fourth-order valence-electron chi connectivity index (χ4n) is 4.02. The topological polar surface area (TPSA) is 98.0 Å². The van der Waals surface area contributed by atoms with Crippen molar-refractivity contribution in [3.8, 4) is 11.5 Å². The number of nitrogens with zero attached hydrogens (tertiary/aromatic N) is 1. The third-order valence-electron chi connectivity index (χ3n) is 5.79. The number of halogens is 1. The number of unbranched alkanes of at least 4 members (excludes halogenated alkanes) is 1. The number of carbonyl (C=O) groups is 2. The lowest BCUT2D eigenvalue weighted by molar-refractivity contribution is -0.137. The molecule has 0 saturated heterocycles. The number of aliphatic carboxylic acids is 2. The molecule has 4 aromatic rings. The Morgan fingerprint density at radius 1 is 0.872 bits per heavy atom. The summed E-state index contributed by atoms with van der Waals surface area (Å²) in [5, 5.41) is 19.2. The van der Waals surface area contributed by atoms with E-state index < -0.39 is 11.9 Å². The first-order valence-corrected chi connectivity index (χ1v) is 13.4. The van der Waals surface area contributed by atoms with E-state index in [1.54, 1.807) is 29.0 Å². The molecule has 0 bridgehead atoms. The second-order valence-electron chi connectivity index (χ2n) is 8.68. The molecule has 0 aliphatic carbocycles. The average molecular weight is 550 g/mol. The van der Waals surface area contributed by atoms with Gasteiger partial charge in [-0.1, -0.05) is 54.6 Å². The fourth-order valence-corrected chi connectivity index (χ4v) is 4.82. The Balaban J connectivity index is 1.35. The number of hydrogen-bond acceptors (Lipinski definition) is 5. The lowest BCUT2D eigenvalue weighted by Crippen LogP contribution is -2.07. The molecule has 39 heavy (non-hydrogen) atoms. The summed E-state index contributed by atoms with van der Waals surface area (Å²) < 4.78 is 26.4. The van der Waals surface area contributed by atoms with Gasteiger partial charge >= 0.3 is 11.9 Å². The van der Waals surface area contributed by atoms with Crippen LogP contribution >= 0.6 is 11.8 Å². The highest BCUT2D eigenvalue weighted by Crippen LogP contribution is 2.33. The third kappa shape index (κ3) is 7.87. The lowest BCUT2D eigenvalue weighted by atomic mass is 10.1. The second kappa shape index (κ2) is 13.5. The van der Waals surface area contributed by atoms with Crippen LogP contribution in [0.15, 0.2) is 77.8 Å². The van der Waals surface area contributed by atoms with E-state index in [2.05, 4.69) is 0 Å². The van der Waals surface area contributed by atoms with E-state index in [1.165, 1.54) is 17.8 Å². The van der Waals surface area contributed by atoms with Crippen molar-refractivity contribution in [2.45, 2.75) is 24.3 Å². The van der Waals surface area contributed by atoms with Crippen LogP contribution in [0.5, 0.6) is 11.5 Å². The van der Waals surface area contributed by atoms with E-state index in [1.807, 2.05) is 54.6 Å². The third-order valence-corrected chi connectivity index (χ3v) is 6.81. The maximum Gasteiger partial charge on any atom is 0.323 e. The number of rotatable bonds is 14. The van der Waals surface area contributed by atoms with Gasteiger partial charge in [-0.05, 0) is 48.2 Å². The fraction of sp³-hybridized carbons (Fsp3) is 0.200. The molecule has 0 aliphatic rings. The molecule has 0 atom stereocenters. The summed E-state index contributed by atoms with van der Waals surface area (Å²) in [6, 6.07) is 19.6. The zero-order valence-electron chi connectivity index (χ0n) is 21.1. The van der Waals surface area contributed by atoms with Gasteiger partial charge in [0.25, 0.3) is 0 Å². The van der Waals surface area contributed by atoms with Crippen LogP contribution in [0.1, 0.15) is 24.0 Å². The molecule has 7 nitrogen and oxygen atoms in total. The number of benzene rings is 3. The molecule has 4 rings (SSSR count). The summed E-state index contributed by atoms with van der Waals surface area (Å²) in [4.78, 5) is 23.2. The largest absolute Gasteiger partial charge is 0.494 e. The molecule has 0 spiro atoms. The van der Waals surface area contributed by atoms with Crippen molar-refractivity contribution >= 4 is 46.8 Å². The van der Waals surface area contributed by atoms with E-state index in [4.69, 9.17) is 14.6 Å². The maximum atomic E-state index is 13.6. The standard InChI is InChI=1S/C30H28FNO6S/c31-25-8-1-2-9-26(25)38-17-4-3-16-37-23-14-11-21(12-15-23)10-13-22-6-5-7-24-27(39-20-29(35)36)18-32(30(22)24)19-28(33)34/h1-2,5-15,18H,3-4,16-17,19-20H2,(H,33,34)(H,35,36). The van der Waals surface area contributed by atoms with Crippen LogP contribution in [0.2, 0.25) is 0 Å². The van der Waals surface area contributed by atoms with Gasteiger partial charge in [0.15, 0.2) is 11.6 Å². The van der Waals surface area contributed by atoms with Crippen molar-refractivity contribution in [2.24, 2.45) is 0 Å². The first kappa shape index (κ1) is 27.8. The molecule has 0 unspecified atom stereocenters. The number of hydrogen-bond donors (Lipinski definition) is 2. The monoisotopic (exact) mass is 549 g/mol. The van der Waals surface area contributed by atoms with Gasteiger partial charge in [0, 0.05) is 16.5 Å². The lowest BCUT2D eigenvalue weighted by Gasteiger charge is -2.08. The quantitative estimate of drug-likeness (QED) is 0.106. The van der Waals surface area contributed by atoms with Crippen molar-refractivity contribution in [3.63, 3.8) is 0 Å². The van der Waals surface area contributed by atoms with Gasteiger partial charge in [-0.15, -0.1) is 11.8 Å². The van der Waals surface area contributed by atoms with Crippen LogP contribution in [-0.2, 0) is 16.1 Å². The highest BCUT2D eigenvalue weighted by molar-refractivity contribution is 8.00. The Hall–Kier alpha value is -4.24. The first-order chi connectivity index (χ1) is 18.9. The van der Waals surface area contributed by atoms with Crippen molar-refractivity contribution < 1.29 is 33.7 Å². The van der Waals surface area contributed by atoms with Crippen molar-refractivity contribution in [1.29, 1.82) is 0 Å². The number of fused-ring (bicyclic) bond motifs is 1. The molecule has 0 aliphatic heterocycles. The van der Waals surface area contributed by atoms with E-state index in [-0.39, 0.29) is 23.9 Å². The number of ether oxygens (including phenoxy) is 2. The van der Waals surface area contributed by atoms with Crippen LogP contribution in [0.4, 0.5) is 4.39 Å². The Labute approximate surface area is 229 Å². The Morgan fingerprint density at radius 3 is 2.33 bits per heavy atom. The summed E-state index contributed by atoms with van der Waals surface area (Å²) >= 11 is 1.17. The number of carboxylic acids is 2. The summed E-state index contributed by atoms with van der Waals surface area (Å²) in [7, 11) is 0. The molecular formula is C30H28FNO6S. The summed E-state index contributed by atoms with van der Waals surface area (Å²) in [5.74, 6) is -1.40. The summed E-state index contributed by atoms with van der Waals surface area (Å²) in [6.45, 7) is 0.702. The van der Waals surface area contributed by atoms with Crippen LogP contribution in [-0.4, -0.2) is 45.7 Å². The predicted octanol–water partition coefficient (Wildman–Crippen LogP) is 6.45. The molecule has 1 aromatic heterocycles. The Bertz CT molecular complexity index is 1460. The predicted molar refractivity (Wildman–Crippen MR) is 150 cm³/mol. The molecule has 0 amide bonds. The van der Waals surface area contributed by atoms with E-state index >= 15 is 0 Å². The second-order valence-corrected chi connectivity index (χ2v) is 9.69. The zero-order valence-corrected chi connectivity index (χ0v) is 21.9. The van der Waals surface area contributed by atoms with Crippen LogP contribution in [0.3, 0.4) is 0 Å². The first-order valence-electron chi connectivity index (χ1n) is 12.4. The molecule has 0 radical (unpaired) electrons. The van der Waals surface area contributed by atoms with Gasteiger partial charge in [-0.25, -0.2) is 4.39 Å². The molecule has 0 fully saturated rings. The van der Waals surface area contributed by atoms with Gasteiger partial charge in [0.1, 0.15) is 12.3 Å². The minimum absolute atomic E-state index is 0.109. The summed E-state index contributed by atoms with van der Waals surface area (Å²) in [6.07, 6.45) is 7.05. The number of thioether (sulfide) groups is 1. The van der Waals surface area contributed by atoms with E-state index in [0.29, 0.717) is 13.2 Å².